The second kappa shape index (κ2) is 7.43. The molecule has 0 aromatic rings. The Morgan fingerprint density at radius 1 is 1.24 bits per heavy atom. The number of carbonyl (C=O) groups excluding carboxylic acids is 2. The van der Waals surface area contributed by atoms with Crippen LogP contribution < -0.4 is 0 Å². The van der Waals surface area contributed by atoms with Gasteiger partial charge >= 0.3 is 11.9 Å². The Labute approximate surface area is 101 Å². The summed E-state index contributed by atoms with van der Waals surface area (Å²) in [4.78, 5) is 22.8. The van der Waals surface area contributed by atoms with Gasteiger partial charge in [-0.25, -0.2) is 9.59 Å². The van der Waals surface area contributed by atoms with Gasteiger partial charge in [0.05, 0.1) is 20.3 Å². The lowest BCUT2D eigenvalue weighted by molar-refractivity contribution is -0.140. The van der Waals surface area contributed by atoms with E-state index < -0.39 is 11.9 Å². The first-order chi connectivity index (χ1) is 7.97. The lowest BCUT2D eigenvalue weighted by Crippen LogP contribution is -2.30. The molecule has 0 amide bonds. The average Bonchev–Trinajstić information content (AvgIpc) is 2.31. The summed E-state index contributed by atoms with van der Waals surface area (Å²) in [5.74, 6) is -1.28. The molecule has 96 valence electrons. The van der Waals surface area contributed by atoms with Crippen LogP contribution in [0.4, 0.5) is 0 Å². The van der Waals surface area contributed by atoms with Crippen LogP contribution in [0, 0.1) is 0 Å². The first-order valence-electron chi connectivity index (χ1n) is 5.13. The molecular formula is C11H18N2O4. The summed E-state index contributed by atoms with van der Waals surface area (Å²) in [6.07, 6.45) is 2.58. The summed E-state index contributed by atoms with van der Waals surface area (Å²) in [6, 6.07) is -0.0961. The van der Waals surface area contributed by atoms with Crippen LogP contribution in [0.2, 0.25) is 0 Å². The Balaban J connectivity index is 5.34. The van der Waals surface area contributed by atoms with Gasteiger partial charge in [-0.1, -0.05) is 0 Å². The van der Waals surface area contributed by atoms with Crippen LogP contribution in [0.25, 0.3) is 0 Å². The van der Waals surface area contributed by atoms with Gasteiger partial charge in [0.1, 0.15) is 0 Å². The maximum Gasteiger partial charge on any atom is 0.356 e. The van der Waals surface area contributed by atoms with Crippen LogP contribution in [0.5, 0.6) is 0 Å². The molecule has 0 bridgehead atoms. The van der Waals surface area contributed by atoms with Crippen LogP contribution in [-0.2, 0) is 19.1 Å². The van der Waals surface area contributed by atoms with Crippen LogP contribution in [0.15, 0.2) is 16.9 Å². The van der Waals surface area contributed by atoms with Crippen LogP contribution >= 0.6 is 0 Å². The van der Waals surface area contributed by atoms with Gasteiger partial charge in [0, 0.05) is 12.3 Å². The zero-order valence-electron chi connectivity index (χ0n) is 10.8. The van der Waals surface area contributed by atoms with E-state index in [0.717, 1.165) is 6.08 Å². The second-order valence-corrected chi connectivity index (χ2v) is 3.36. The Morgan fingerprint density at radius 3 is 2.18 bits per heavy atom. The summed E-state index contributed by atoms with van der Waals surface area (Å²) >= 11 is 0. The minimum absolute atomic E-state index is 0.0347. The fraction of sp³-hybridized carbons (Fsp3) is 0.545. The molecule has 0 aliphatic rings. The molecule has 0 atom stereocenters. The van der Waals surface area contributed by atoms with Gasteiger partial charge in [-0.05, 0) is 20.8 Å². The van der Waals surface area contributed by atoms with Crippen molar-refractivity contribution >= 4 is 18.2 Å². The molecule has 0 spiro atoms. The van der Waals surface area contributed by atoms with E-state index in [1.54, 1.807) is 6.92 Å². The van der Waals surface area contributed by atoms with Crippen molar-refractivity contribution in [2.45, 2.75) is 26.8 Å². The molecule has 0 aliphatic carbocycles. The van der Waals surface area contributed by atoms with Gasteiger partial charge in [0.25, 0.3) is 0 Å². The van der Waals surface area contributed by atoms with Crippen molar-refractivity contribution in [3.63, 3.8) is 0 Å². The van der Waals surface area contributed by atoms with Gasteiger partial charge in [0.2, 0.25) is 0 Å². The maximum absolute atomic E-state index is 11.6. The normalized spacial score (nSPS) is 11.8. The lowest BCUT2D eigenvalue weighted by atomic mass is 10.3. The van der Waals surface area contributed by atoms with Crippen LogP contribution in [0.1, 0.15) is 20.8 Å². The van der Waals surface area contributed by atoms with E-state index in [9.17, 15) is 9.59 Å². The van der Waals surface area contributed by atoms with Gasteiger partial charge in [-0.2, -0.15) is 5.10 Å². The van der Waals surface area contributed by atoms with Crippen LogP contribution in [-0.4, -0.2) is 43.4 Å². The number of rotatable bonds is 5. The zero-order valence-corrected chi connectivity index (χ0v) is 10.8. The monoisotopic (exact) mass is 242 g/mol. The van der Waals surface area contributed by atoms with Gasteiger partial charge < -0.3 is 9.47 Å². The molecule has 6 nitrogen and oxygen atoms in total. The smallest absolute Gasteiger partial charge is 0.356 e. The maximum atomic E-state index is 11.6. The molecule has 0 aromatic heterocycles. The highest BCUT2D eigenvalue weighted by Gasteiger charge is 2.21. The van der Waals surface area contributed by atoms with Crippen molar-refractivity contribution in [1.29, 1.82) is 0 Å². The number of hydrogen-bond donors (Lipinski definition) is 0. The molecule has 0 aromatic carbocycles. The Hall–Kier alpha value is -1.85. The van der Waals surface area contributed by atoms with Crippen molar-refractivity contribution in [2.75, 3.05) is 14.2 Å². The number of ether oxygens (including phenoxy) is 2. The van der Waals surface area contributed by atoms with E-state index in [2.05, 4.69) is 14.6 Å². The van der Waals surface area contributed by atoms with Gasteiger partial charge in [0.15, 0.2) is 5.70 Å². The molecule has 17 heavy (non-hydrogen) atoms. The van der Waals surface area contributed by atoms with Gasteiger partial charge in [-0.15, -0.1) is 0 Å². The highest BCUT2D eigenvalue weighted by atomic mass is 16.5. The first-order valence-corrected chi connectivity index (χ1v) is 5.13. The van der Waals surface area contributed by atoms with E-state index in [1.807, 2.05) is 13.8 Å². The number of carbonyl (C=O) groups is 2. The largest absolute Gasteiger partial charge is 0.466 e. The number of hydrogen-bond acceptors (Lipinski definition) is 6. The summed E-state index contributed by atoms with van der Waals surface area (Å²) < 4.78 is 9.09. The molecule has 0 saturated carbocycles. The Kier molecular flexibility index (Phi) is 6.62. The molecule has 0 radical (unpaired) electrons. The van der Waals surface area contributed by atoms with E-state index >= 15 is 0 Å². The van der Waals surface area contributed by atoms with Gasteiger partial charge in [-0.3, -0.25) is 5.01 Å². The molecule has 0 rings (SSSR count). The molecule has 0 unspecified atom stereocenters. The predicted octanol–water partition coefficient (Wildman–Crippen LogP) is 0.932. The summed E-state index contributed by atoms with van der Waals surface area (Å²) in [6.45, 7) is 5.38. The molecule has 0 N–H and O–H groups in total. The predicted molar refractivity (Wildman–Crippen MR) is 63.3 cm³/mol. The number of esters is 2. The summed E-state index contributed by atoms with van der Waals surface area (Å²) in [7, 11) is 2.47. The third-order valence-corrected chi connectivity index (χ3v) is 1.83. The highest BCUT2D eigenvalue weighted by Crippen LogP contribution is 2.12. The molecule has 6 heteroatoms. The van der Waals surface area contributed by atoms with Crippen LogP contribution in [0.3, 0.4) is 0 Å². The lowest BCUT2D eigenvalue weighted by Gasteiger charge is -2.23. The number of nitrogens with zero attached hydrogens (tertiary/aromatic N) is 2. The molecular weight excluding hydrogens is 224 g/mol. The standard InChI is InChI=1S/C11H18N2O4/c1-6-12-13(8(2)3)9(11(15)17-5)7-10(14)16-4/h6-8H,1-5H3/b9-7+,12-6+. The third-order valence-electron chi connectivity index (χ3n) is 1.83. The van der Waals surface area contributed by atoms with Crippen molar-refractivity contribution in [1.82, 2.24) is 5.01 Å². The zero-order chi connectivity index (χ0) is 13.4. The minimum atomic E-state index is -0.644. The average molecular weight is 242 g/mol. The van der Waals surface area contributed by atoms with Crippen molar-refractivity contribution in [3.05, 3.63) is 11.8 Å². The quantitative estimate of drug-likeness (QED) is 0.310. The SMILES string of the molecule is C/C=N/N(/C(=C/C(=O)OC)C(=O)OC)C(C)C. The Morgan fingerprint density at radius 2 is 1.82 bits per heavy atom. The van der Waals surface area contributed by atoms with E-state index in [-0.39, 0.29) is 11.7 Å². The first kappa shape index (κ1) is 15.2. The Bertz CT molecular complexity index is 334. The molecule has 0 heterocycles. The highest BCUT2D eigenvalue weighted by molar-refractivity contribution is 5.95. The summed E-state index contributed by atoms with van der Waals surface area (Å²) in [5, 5.41) is 5.40. The molecule has 0 aliphatic heterocycles. The molecule has 0 saturated heterocycles. The molecule has 0 fully saturated rings. The topological polar surface area (TPSA) is 68.2 Å². The second-order valence-electron chi connectivity index (χ2n) is 3.36. The summed E-state index contributed by atoms with van der Waals surface area (Å²) in [5.41, 5.74) is 0.0347. The van der Waals surface area contributed by atoms with E-state index in [0.29, 0.717) is 0 Å². The number of methoxy groups -OCH3 is 2. The third kappa shape index (κ3) is 4.67. The van der Waals surface area contributed by atoms with E-state index in [1.165, 1.54) is 25.4 Å². The van der Waals surface area contributed by atoms with Crippen molar-refractivity contribution < 1.29 is 19.1 Å². The van der Waals surface area contributed by atoms with Crippen molar-refractivity contribution in [2.24, 2.45) is 5.10 Å². The van der Waals surface area contributed by atoms with Crippen molar-refractivity contribution in [3.8, 4) is 0 Å². The number of hydrazone groups is 1. The van der Waals surface area contributed by atoms with E-state index in [4.69, 9.17) is 0 Å². The fourth-order valence-electron chi connectivity index (χ4n) is 1.09. The minimum Gasteiger partial charge on any atom is -0.466 e. The fourth-order valence-corrected chi connectivity index (χ4v) is 1.09.